The van der Waals surface area contributed by atoms with Gasteiger partial charge in [0.2, 0.25) is 0 Å². The molecule has 0 heterocycles. The van der Waals surface area contributed by atoms with Gasteiger partial charge >= 0.3 is 5.97 Å². The van der Waals surface area contributed by atoms with Crippen molar-refractivity contribution in [2.24, 2.45) is 11.8 Å². The minimum atomic E-state index is -0.370. The zero-order chi connectivity index (χ0) is 22.9. The summed E-state index contributed by atoms with van der Waals surface area (Å²) in [7, 11) is 0. The predicted molar refractivity (Wildman–Crippen MR) is 129 cm³/mol. The number of ether oxygens (including phenoxy) is 1. The standard InChI is InChI=1S/C27H50O4/c1-4-5-6-7-8-9-12-15-18-23-24(26(29)21-25(23)28)19-16-13-10-11-14-17-20-27(30)31-22(2)3/h13,16,22-26,28-29H,4-12,14-15,17-21H2,1-3H3/t23-,24-,25-,26+/m1/s1. The quantitative estimate of drug-likeness (QED) is 0.141. The first-order valence-electron chi connectivity index (χ1n) is 13.2. The van der Waals surface area contributed by atoms with E-state index in [0.717, 1.165) is 38.5 Å². The molecule has 0 aromatic rings. The van der Waals surface area contributed by atoms with Crippen LogP contribution in [0.25, 0.3) is 0 Å². The Hall–Kier alpha value is -0.870. The zero-order valence-electron chi connectivity index (χ0n) is 20.6. The average Bonchev–Trinajstić information content (AvgIpc) is 2.98. The lowest BCUT2D eigenvalue weighted by atomic mass is 9.86. The fourth-order valence-electron chi connectivity index (χ4n) is 4.82. The predicted octanol–water partition coefficient (Wildman–Crippen LogP) is 6.72. The molecule has 0 saturated heterocycles. The van der Waals surface area contributed by atoms with Gasteiger partial charge in [-0.05, 0) is 64.2 Å². The molecule has 1 rings (SSSR count). The second-order valence-electron chi connectivity index (χ2n) is 9.81. The third-order valence-electron chi connectivity index (χ3n) is 6.61. The van der Waals surface area contributed by atoms with Crippen LogP contribution in [0.2, 0.25) is 0 Å². The normalized spacial score (nSPS) is 23.8. The van der Waals surface area contributed by atoms with E-state index in [9.17, 15) is 15.0 Å². The van der Waals surface area contributed by atoms with Gasteiger partial charge in [-0.1, -0.05) is 76.9 Å². The molecule has 4 nitrogen and oxygen atoms in total. The number of esters is 1. The number of hydrogen-bond acceptors (Lipinski definition) is 4. The van der Waals surface area contributed by atoms with Crippen molar-refractivity contribution in [1.29, 1.82) is 0 Å². The zero-order valence-corrected chi connectivity index (χ0v) is 20.6. The highest BCUT2D eigenvalue weighted by Crippen LogP contribution is 2.38. The SMILES string of the molecule is CCCCCCCCCC[C@@H]1[C@@H](CC=CCCCCCC(=O)OC(C)C)[C@@H](O)C[C@H]1O. The van der Waals surface area contributed by atoms with Crippen molar-refractivity contribution in [2.45, 2.75) is 142 Å². The summed E-state index contributed by atoms with van der Waals surface area (Å²) >= 11 is 0. The summed E-state index contributed by atoms with van der Waals surface area (Å²) in [4.78, 5) is 11.5. The van der Waals surface area contributed by atoms with Gasteiger partial charge in [0.1, 0.15) is 0 Å². The molecule has 0 bridgehead atoms. The highest BCUT2D eigenvalue weighted by molar-refractivity contribution is 5.69. The van der Waals surface area contributed by atoms with Gasteiger partial charge in [0.05, 0.1) is 18.3 Å². The van der Waals surface area contributed by atoms with Gasteiger partial charge in [0.15, 0.2) is 0 Å². The first-order valence-corrected chi connectivity index (χ1v) is 13.2. The van der Waals surface area contributed by atoms with Crippen molar-refractivity contribution in [3.8, 4) is 0 Å². The third-order valence-corrected chi connectivity index (χ3v) is 6.61. The van der Waals surface area contributed by atoms with Crippen LogP contribution in [0.4, 0.5) is 0 Å². The molecule has 182 valence electrons. The maximum Gasteiger partial charge on any atom is 0.306 e. The van der Waals surface area contributed by atoms with Gasteiger partial charge in [-0.25, -0.2) is 0 Å². The maximum absolute atomic E-state index is 11.5. The van der Waals surface area contributed by atoms with Crippen molar-refractivity contribution in [3.05, 3.63) is 12.2 Å². The first-order chi connectivity index (χ1) is 15.0. The van der Waals surface area contributed by atoms with Crippen LogP contribution in [0.3, 0.4) is 0 Å². The summed E-state index contributed by atoms with van der Waals surface area (Å²) in [6.45, 7) is 6.01. The van der Waals surface area contributed by atoms with Gasteiger partial charge in [0.25, 0.3) is 0 Å². The molecule has 1 aliphatic rings. The van der Waals surface area contributed by atoms with E-state index >= 15 is 0 Å². The summed E-state index contributed by atoms with van der Waals surface area (Å²) < 4.78 is 5.15. The smallest absolute Gasteiger partial charge is 0.306 e. The molecule has 1 aliphatic carbocycles. The van der Waals surface area contributed by atoms with E-state index in [1.165, 1.54) is 51.4 Å². The van der Waals surface area contributed by atoms with E-state index < -0.39 is 0 Å². The Balaban J connectivity index is 2.16. The highest BCUT2D eigenvalue weighted by atomic mass is 16.5. The van der Waals surface area contributed by atoms with Crippen LogP contribution in [-0.4, -0.2) is 34.5 Å². The Labute approximate surface area is 191 Å². The van der Waals surface area contributed by atoms with Crippen LogP contribution in [0.1, 0.15) is 124 Å². The summed E-state index contributed by atoms with van der Waals surface area (Å²) in [6.07, 6.45) is 21.0. The van der Waals surface area contributed by atoms with E-state index in [0.29, 0.717) is 12.8 Å². The molecule has 0 radical (unpaired) electrons. The summed E-state index contributed by atoms with van der Waals surface area (Å²) in [5.74, 6) is 0.343. The Bertz CT molecular complexity index is 474. The molecule has 0 spiro atoms. The van der Waals surface area contributed by atoms with Crippen molar-refractivity contribution in [2.75, 3.05) is 0 Å². The molecule has 4 heteroatoms. The Morgan fingerprint density at radius 2 is 1.48 bits per heavy atom. The summed E-state index contributed by atoms with van der Waals surface area (Å²) in [5, 5.41) is 20.8. The molecule has 0 aromatic heterocycles. The molecule has 0 aliphatic heterocycles. The second kappa shape index (κ2) is 17.7. The number of carbonyl (C=O) groups excluding carboxylic acids is 1. The van der Waals surface area contributed by atoms with Gasteiger partial charge in [-0.3, -0.25) is 4.79 Å². The fraction of sp³-hybridized carbons (Fsp3) is 0.889. The minimum Gasteiger partial charge on any atom is -0.463 e. The lowest BCUT2D eigenvalue weighted by Crippen LogP contribution is -2.21. The van der Waals surface area contributed by atoms with Gasteiger partial charge in [-0.15, -0.1) is 0 Å². The van der Waals surface area contributed by atoms with Crippen molar-refractivity contribution in [3.63, 3.8) is 0 Å². The minimum absolute atomic E-state index is 0.0285. The highest BCUT2D eigenvalue weighted by Gasteiger charge is 2.40. The molecular weight excluding hydrogens is 388 g/mol. The number of aliphatic hydroxyl groups excluding tert-OH is 2. The maximum atomic E-state index is 11.5. The first kappa shape index (κ1) is 28.2. The molecule has 0 unspecified atom stereocenters. The number of aliphatic hydroxyl groups is 2. The monoisotopic (exact) mass is 438 g/mol. The van der Waals surface area contributed by atoms with E-state index in [1.807, 2.05) is 13.8 Å². The van der Waals surface area contributed by atoms with Crippen molar-refractivity contribution >= 4 is 5.97 Å². The van der Waals surface area contributed by atoms with Crippen molar-refractivity contribution < 1.29 is 19.7 Å². The van der Waals surface area contributed by atoms with E-state index in [2.05, 4.69) is 19.1 Å². The second-order valence-corrected chi connectivity index (χ2v) is 9.81. The Morgan fingerprint density at radius 1 is 0.871 bits per heavy atom. The Morgan fingerprint density at radius 3 is 2.16 bits per heavy atom. The molecule has 2 N–H and O–H groups in total. The van der Waals surface area contributed by atoms with E-state index in [1.54, 1.807) is 0 Å². The number of allylic oxidation sites excluding steroid dienone is 2. The van der Waals surface area contributed by atoms with Crippen LogP contribution >= 0.6 is 0 Å². The van der Waals surface area contributed by atoms with Crippen LogP contribution < -0.4 is 0 Å². The van der Waals surface area contributed by atoms with Crippen LogP contribution in [0.5, 0.6) is 0 Å². The van der Waals surface area contributed by atoms with Gasteiger partial charge < -0.3 is 14.9 Å². The summed E-state index contributed by atoms with van der Waals surface area (Å²) in [6, 6.07) is 0. The molecule has 1 saturated carbocycles. The van der Waals surface area contributed by atoms with Crippen LogP contribution in [0.15, 0.2) is 12.2 Å². The third kappa shape index (κ3) is 13.3. The van der Waals surface area contributed by atoms with E-state index in [-0.39, 0.29) is 36.1 Å². The van der Waals surface area contributed by atoms with E-state index in [4.69, 9.17) is 4.74 Å². The number of hydrogen-bond donors (Lipinski definition) is 2. The number of carbonyl (C=O) groups is 1. The van der Waals surface area contributed by atoms with Crippen LogP contribution in [-0.2, 0) is 9.53 Å². The Kier molecular flexibility index (Phi) is 16.0. The average molecular weight is 439 g/mol. The fourth-order valence-corrected chi connectivity index (χ4v) is 4.82. The molecule has 31 heavy (non-hydrogen) atoms. The lowest BCUT2D eigenvalue weighted by molar-refractivity contribution is -0.147. The van der Waals surface area contributed by atoms with Gasteiger partial charge in [-0.2, -0.15) is 0 Å². The van der Waals surface area contributed by atoms with Crippen molar-refractivity contribution in [1.82, 2.24) is 0 Å². The number of unbranched alkanes of at least 4 members (excludes halogenated alkanes) is 10. The topological polar surface area (TPSA) is 66.8 Å². The molecule has 0 amide bonds. The van der Waals surface area contributed by atoms with Crippen LogP contribution in [0, 0.1) is 11.8 Å². The lowest BCUT2D eigenvalue weighted by Gasteiger charge is -2.22. The molecule has 1 fully saturated rings. The molecular formula is C27H50O4. The van der Waals surface area contributed by atoms with Gasteiger partial charge in [0, 0.05) is 6.42 Å². The number of rotatable bonds is 18. The molecule has 4 atom stereocenters. The summed E-state index contributed by atoms with van der Waals surface area (Å²) in [5.41, 5.74) is 0. The molecule has 0 aromatic carbocycles. The largest absolute Gasteiger partial charge is 0.463 e.